The first-order chi connectivity index (χ1) is 14.0. The third-order valence-corrected chi connectivity index (χ3v) is 5.49. The first-order valence-corrected chi connectivity index (χ1v) is 10.0. The zero-order valence-corrected chi connectivity index (χ0v) is 16.4. The predicted molar refractivity (Wildman–Crippen MR) is 107 cm³/mol. The lowest BCUT2D eigenvalue weighted by Gasteiger charge is -2.14. The van der Waals surface area contributed by atoms with E-state index in [-0.39, 0.29) is 11.0 Å². The normalized spacial score (nSPS) is 21.4. The Morgan fingerprint density at radius 1 is 1.28 bits per heavy atom. The number of ether oxygens (including phenoxy) is 1. The Bertz CT molecular complexity index is 1040. The van der Waals surface area contributed by atoms with Gasteiger partial charge in [0.15, 0.2) is 22.1 Å². The summed E-state index contributed by atoms with van der Waals surface area (Å²) >= 11 is 1.12. The fourth-order valence-electron chi connectivity index (χ4n) is 3.16. The second-order valence-electron chi connectivity index (χ2n) is 6.60. The summed E-state index contributed by atoms with van der Waals surface area (Å²) in [6, 6.07) is 8.81. The molecular formula is C19H19N5O4S. The molecule has 3 heterocycles. The van der Waals surface area contributed by atoms with E-state index in [9.17, 15) is 14.7 Å². The molecule has 3 aromatic rings. The molecule has 0 saturated carbocycles. The third-order valence-electron chi connectivity index (χ3n) is 4.59. The van der Waals surface area contributed by atoms with Gasteiger partial charge >= 0.3 is 0 Å². The Morgan fingerprint density at radius 2 is 2.07 bits per heavy atom. The summed E-state index contributed by atoms with van der Waals surface area (Å²) in [7, 11) is 0. The van der Waals surface area contributed by atoms with Gasteiger partial charge in [-0.3, -0.25) is 14.2 Å². The average molecular weight is 413 g/mol. The maximum Gasteiger partial charge on any atom is 0.256 e. The van der Waals surface area contributed by atoms with Gasteiger partial charge in [0.25, 0.3) is 5.91 Å². The minimum absolute atomic E-state index is 0.0242. The van der Waals surface area contributed by atoms with Crippen molar-refractivity contribution in [2.45, 2.75) is 31.8 Å². The van der Waals surface area contributed by atoms with Gasteiger partial charge in [0.05, 0.1) is 18.5 Å². The Kier molecular flexibility index (Phi) is 5.56. The van der Waals surface area contributed by atoms with Crippen LogP contribution in [0.2, 0.25) is 0 Å². The van der Waals surface area contributed by atoms with Gasteiger partial charge in [-0.2, -0.15) is 0 Å². The summed E-state index contributed by atoms with van der Waals surface area (Å²) in [6.07, 6.45) is 1.63. The molecule has 1 amide bonds. The van der Waals surface area contributed by atoms with E-state index in [1.807, 2.05) is 6.07 Å². The number of thioether (sulfide) groups is 1. The Morgan fingerprint density at radius 3 is 2.83 bits per heavy atom. The number of aliphatic hydroxyl groups excluding tert-OH is 1. The standard InChI is InChI=1S/C19H19N5O4S/c1-11(25)29-8-14-13(26)7-15(28-14)24-10-22-16-17(20-9-21-18(16)24)23-19(27)12-5-3-2-4-6-12/h2-6,9-10,13-15,26H,7-8H2,1H3,(H,20,21,23,27)/t13-,14+,15+/m0/s1. The van der Waals surface area contributed by atoms with Crippen molar-refractivity contribution in [3.8, 4) is 0 Å². The summed E-state index contributed by atoms with van der Waals surface area (Å²) in [5.41, 5.74) is 1.42. The van der Waals surface area contributed by atoms with Crippen molar-refractivity contribution in [2.75, 3.05) is 11.1 Å². The number of carbonyl (C=O) groups excluding carboxylic acids is 2. The highest BCUT2D eigenvalue weighted by molar-refractivity contribution is 8.13. The lowest BCUT2D eigenvalue weighted by atomic mass is 10.2. The van der Waals surface area contributed by atoms with E-state index in [1.54, 1.807) is 35.2 Å². The van der Waals surface area contributed by atoms with E-state index < -0.39 is 18.4 Å². The molecule has 9 nitrogen and oxygen atoms in total. The van der Waals surface area contributed by atoms with Gasteiger partial charge in [-0.15, -0.1) is 0 Å². The van der Waals surface area contributed by atoms with E-state index in [0.717, 1.165) is 11.8 Å². The number of benzene rings is 1. The van der Waals surface area contributed by atoms with Crippen LogP contribution in [0.4, 0.5) is 5.82 Å². The fourth-order valence-corrected chi connectivity index (χ4v) is 3.86. The van der Waals surface area contributed by atoms with Gasteiger partial charge < -0.3 is 15.2 Å². The molecule has 150 valence electrons. The molecule has 1 aromatic carbocycles. The van der Waals surface area contributed by atoms with Gasteiger partial charge in [-0.05, 0) is 12.1 Å². The zero-order valence-electron chi connectivity index (χ0n) is 15.6. The zero-order chi connectivity index (χ0) is 20.4. The Labute approximate surface area is 170 Å². The highest BCUT2D eigenvalue weighted by Crippen LogP contribution is 2.33. The highest BCUT2D eigenvalue weighted by Gasteiger charge is 2.36. The Balaban J connectivity index is 1.55. The molecule has 0 spiro atoms. The van der Waals surface area contributed by atoms with Crippen molar-refractivity contribution in [2.24, 2.45) is 0 Å². The molecule has 10 heteroatoms. The van der Waals surface area contributed by atoms with Gasteiger partial charge in [0, 0.05) is 24.7 Å². The van der Waals surface area contributed by atoms with E-state index in [4.69, 9.17) is 4.74 Å². The quantitative estimate of drug-likeness (QED) is 0.652. The summed E-state index contributed by atoms with van der Waals surface area (Å²) in [5.74, 6) is 0.381. The maximum atomic E-state index is 12.4. The van der Waals surface area contributed by atoms with Crippen LogP contribution < -0.4 is 5.32 Å². The van der Waals surface area contributed by atoms with E-state index >= 15 is 0 Å². The summed E-state index contributed by atoms with van der Waals surface area (Å²) in [4.78, 5) is 36.4. The molecule has 2 aromatic heterocycles. The smallest absolute Gasteiger partial charge is 0.256 e. The summed E-state index contributed by atoms with van der Waals surface area (Å²) in [6.45, 7) is 1.48. The second-order valence-corrected chi connectivity index (χ2v) is 7.80. The summed E-state index contributed by atoms with van der Waals surface area (Å²) in [5, 5.41) is 13.0. The van der Waals surface area contributed by atoms with Crippen LogP contribution in [0.15, 0.2) is 43.0 Å². The van der Waals surface area contributed by atoms with Crippen molar-refractivity contribution >= 4 is 39.8 Å². The first-order valence-electron chi connectivity index (χ1n) is 9.03. The van der Waals surface area contributed by atoms with E-state index in [1.165, 1.54) is 13.3 Å². The van der Waals surface area contributed by atoms with Crippen molar-refractivity contribution in [3.05, 3.63) is 48.5 Å². The van der Waals surface area contributed by atoms with Crippen molar-refractivity contribution in [3.63, 3.8) is 0 Å². The van der Waals surface area contributed by atoms with Crippen LogP contribution in [0.25, 0.3) is 11.2 Å². The molecule has 2 N–H and O–H groups in total. The van der Waals surface area contributed by atoms with Gasteiger partial charge in [-0.25, -0.2) is 15.0 Å². The number of aliphatic hydroxyl groups is 1. The van der Waals surface area contributed by atoms with E-state index in [0.29, 0.717) is 34.7 Å². The van der Waals surface area contributed by atoms with Crippen LogP contribution in [0.5, 0.6) is 0 Å². The number of amides is 1. The van der Waals surface area contributed by atoms with E-state index in [2.05, 4.69) is 20.3 Å². The number of rotatable bonds is 5. The number of hydrogen-bond acceptors (Lipinski definition) is 8. The molecule has 1 aliphatic rings. The third kappa shape index (κ3) is 4.14. The lowest BCUT2D eigenvalue weighted by molar-refractivity contribution is -0.109. The van der Waals surface area contributed by atoms with Crippen LogP contribution in [-0.2, 0) is 9.53 Å². The summed E-state index contributed by atoms with van der Waals surface area (Å²) < 4.78 is 7.62. The van der Waals surface area contributed by atoms with Gasteiger partial charge in [0.2, 0.25) is 0 Å². The average Bonchev–Trinajstić information content (AvgIpc) is 3.31. The lowest BCUT2D eigenvalue weighted by Crippen LogP contribution is -2.23. The fraction of sp³-hybridized carbons (Fsp3) is 0.316. The number of carbonyl (C=O) groups is 2. The molecule has 1 aliphatic heterocycles. The number of fused-ring (bicyclic) bond motifs is 1. The molecule has 0 radical (unpaired) electrons. The predicted octanol–water partition coefficient (Wildman–Crippen LogP) is 2.01. The Hall–Kier alpha value is -2.82. The molecule has 0 bridgehead atoms. The molecule has 3 atom stereocenters. The molecule has 0 unspecified atom stereocenters. The largest absolute Gasteiger partial charge is 0.390 e. The minimum atomic E-state index is -0.691. The maximum absolute atomic E-state index is 12.4. The van der Waals surface area contributed by atoms with Crippen LogP contribution >= 0.6 is 11.8 Å². The number of imidazole rings is 1. The SMILES string of the molecule is CC(=O)SC[C@H]1O[C@@H](n2cnc3c(NC(=O)c4ccccc4)ncnc32)C[C@@H]1O. The number of aromatic nitrogens is 4. The highest BCUT2D eigenvalue weighted by atomic mass is 32.2. The number of anilines is 1. The molecule has 1 saturated heterocycles. The van der Waals surface area contributed by atoms with Crippen molar-refractivity contribution in [1.82, 2.24) is 19.5 Å². The van der Waals surface area contributed by atoms with Crippen LogP contribution in [0.3, 0.4) is 0 Å². The molecular weight excluding hydrogens is 394 g/mol. The van der Waals surface area contributed by atoms with Gasteiger partial charge in [-0.1, -0.05) is 30.0 Å². The number of nitrogens with one attached hydrogen (secondary N) is 1. The molecule has 4 rings (SSSR count). The van der Waals surface area contributed by atoms with Crippen molar-refractivity contribution < 1.29 is 19.4 Å². The molecule has 0 aliphatic carbocycles. The number of nitrogens with zero attached hydrogens (tertiary/aromatic N) is 4. The monoisotopic (exact) mass is 413 g/mol. The molecule has 29 heavy (non-hydrogen) atoms. The van der Waals surface area contributed by atoms with Crippen LogP contribution in [0.1, 0.15) is 29.9 Å². The minimum Gasteiger partial charge on any atom is -0.390 e. The van der Waals surface area contributed by atoms with Crippen LogP contribution in [-0.4, -0.2) is 53.6 Å². The topological polar surface area (TPSA) is 119 Å². The second kappa shape index (κ2) is 8.27. The van der Waals surface area contributed by atoms with Gasteiger partial charge in [0.1, 0.15) is 12.6 Å². The van der Waals surface area contributed by atoms with Crippen molar-refractivity contribution in [1.29, 1.82) is 0 Å². The number of hydrogen-bond donors (Lipinski definition) is 2. The van der Waals surface area contributed by atoms with Crippen LogP contribution in [0, 0.1) is 0 Å². The first kappa shape index (κ1) is 19.5. The molecule has 1 fully saturated rings.